The van der Waals surface area contributed by atoms with E-state index in [-0.39, 0.29) is 27.5 Å². The normalized spacial score (nSPS) is 13.1. The molecule has 0 atom stereocenters. The van der Waals surface area contributed by atoms with Crippen molar-refractivity contribution in [3.8, 4) is 17.0 Å². The van der Waals surface area contributed by atoms with Crippen LogP contribution in [0.1, 0.15) is 6.92 Å². The molecule has 2 aromatic carbocycles. The fraction of sp³-hybridized carbons (Fsp3) is 0.0556. The van der Waals surface area contributed by atoms with Crippen LogP contribution in [0, 0.1) is 0 Å². The van der Waals surface area contributed by atoms with Crippen molar-refractivity contribution in [2.24, 2.45) is 0 Å². The van der Waals surface area contributed by atoms with Gasteiger partial charge in [-0.1, -0.05) is 24.3 Å². The molecule has 0 fully saturated rings. The van der Waals surface area contributed by atoms with Crippen LogP contribution in [0.5, 0.6) is 5.75 Å². The van der Waals surface area contributed by atoms with Gasteiger partial charge in [0.15, 0.2) is 5.43 Å². The standard InChI is InChI=1S/C18H11NO4/c1-8(20)13-14-9-4-2-3-5-10(9)17(22)16-12(21)7-6-11(15(14)16)19-18(13)23/h2-7,20,22H,1H3/b13-8+. The summed E-state index contributed by atoms with van der Waals surface area (Å²) in [5.74, 6) is -0.302. The van der Waals surface area contributed by atoms with Gasteiger partial charge in [0.1, 0.15) is 11.5 Å². The summed E-state index contributed by atoms with van der Waals surface area (Å²) >= 11 is 0. The Balaban J connectivity index is 2.60. The lowest BCUT2D eigenvalue weighted by atomic mass is 9.91. The second-order valence-electron chi connectivity index (χ2n) is 5.48. The monoisotopic (exact) mass is 305 g/mol. The summed E-state index contributed by atoms with van der Waals surface area (Å²) in [7, 11) is 0. The summed E-state index contributed by atoms with van der Waals surface area (Å²) in [5, 5.41) is 22.2. The van der Waals surface area contributed by atoms with Gasteiger partial charge < -0.3 is 10.2 Å². The fourth-order valence-corrected chi connectivity index (χ4v) is 3.20. The third-order valence-corrected chi connectivity index (χ3v) is 4.13. The number of pyridine rings is 1. The lowest BCUT2D eigenvalue weighted by Gasteiger charge is -2.15. The first-order chi connectivity index (χ1) is 11.0. The number of hydrogen-bond acceptors (Lipinski definition) is 5. The van der Waals surface area contributed by atoms with E-state index < -0.39 is 5.56 Å². The molecule has 0 saturated heterocycles. The number of hydrogen-bond donors (Lipinski definition) is 2. The molecule has 2 aliphatic rings. The van der Waals surface area contributed by atoms with Gasteiger partial charge in [0.2, 0.25) is 0 Å². The zero-order valence-corrected chi connectivity index (χ0v) is 12.1. The first-order valence-corrected chi connectivity index (χ1v) is 7.04. The van der Waals surface area contributed by atoms with Crippen molar-refractivity contribution in [2.75, 3.05) is 0 Å². The highest BCUT2D eigenvalue weighted by Gasteiger charge is 2.22. The van der Waals surface area contributed by atoms with Crippen molar-refractivity contribution < 1.29 is 10.2 Å². The van der Waals surface area contributed by atoms with Gasteiger partial charge in [-0.2, -0.15) is 0 Å². The number of aromatic hydroxyl groups is 1. The summed E-state index contributed by atoms with van der Waals surface area (Å²) in [6.45, 7) is 1.41. The minimum absolute atomic E-state index is 0.0595. The average molecular weight is 305 g/mol. The molecule has 112 valence electrons. The quantitative estimate of drug-likeness (QED) is 0.382. The first kappa shape index (κ1) is 13.5. The summed E-state index contributed by atoms with van der Waals surface area (Å²) in [5.41, 5.74) is -0.191. The molecule has 0 saturated carbocycles. The van der Waals surface area contributed by atoms with Crippen LogP contribution in [0.4, 0.5) is 0 Å². The lowest BCUT2D eigenvalue weighted by molar-refractivity contribution is 0.487. The van der Waals surface area contributed by atoms with E-state index in [1.165, 1.54) is 19.1 Å². The maximum Gasteiger partial charge on any atom is 0.281 e. The average Bonchev–Trinajstić information content (AvgIpc) is 2.52. The Labute approximate surface area is 129 Å². The summed E-state index contributed by atoms with van der Waals surface area (Å²) in [6, 6.07) is 9.67. The van der Waals surface area contributed by atoms with Crippen molar-refractivity contribution in [1.29, 1.82) is 0 Å². The maximum absolute atomic E-state index is 12.3. The van der Waals surface area contributed by atoms with E-state index in [1.54, 1.807) is 24.3 Å². The van der Waals surface area contributed by atoms with Crippen molar-refractivity contribution in [3.05, 3.63) is 62.2 Å². The minimum Gasteiger partial charge on any atom is -0.512 e. The topological polar surface area (TPSA) is 87.5 Å². The Morgan fingerprint density at radius 3 is 2.39 bits per heavy atom. The van der Waals surface area contributed by atoms with Crippen LogP contribution in [0.2, 0.25) is 0 Å². The molecule has 0 bridgehead atoms. The zero-order chi connectivity index (χ0) is 16.3. The molecule has 2 aromatic rings. The molecule has 5 heteroatoms. The molecule has 0 aromatic heterocycles. The number of aromatic nitrogens is 1. The number of phenols is 1. The Hall–Kier alpha value is -3.21. The van der Waals surface area contributed by atoms with Crippen LogP contribution in [-0.2, 0) is 0 Å². The second-order valence-corrected chi connectivity index (χ2v) is 5.48. The maximum atomic E-state index is 12.3. The van der Waals surface area contributed by atoms with Gasteiger partial charge in [-0.3, -0.25) is 9.59 Å². The smallest absolute Gasteiger partial charge is 0.281 e. The second kappa shape index (κ2) is 4.39. The van der Waals surface area contributed by atoms with Crippen LogP contribution in [0.25, 0.3) is 38.6 Å². The molecule has 0 radical (unpaired) electrons. The Morgan fingerprint density at radius 2 is 1.70 bits per heavy atom. The van der Waals surface area contributed by atoms with Gasteiger partial charge >= 0.3 is 0 Å². The van der Waals surface area contributed by atoms with E-state index in [0.29, 0.717) is 27.4 Å². The number of phenolic OH excluding ortho intramolecular Hbond substituents is 1. The van der Waals surface area contributed by atoms with E-state index in [9.17, 15) is 19.8 Å². The number of aliphatic hydroxyl groups is 1. The van der Waals surface area contributed by atoms with Crippen LogP contribution in [0.3, 0.4) is 0 Å². The van der Waals surface area contributed by atoms with Crippen molar-refractivity contribution in [2.45, 2.75) is 6.92 Å². The molecule has 4 rings (SSSR count). The van der Waals surface area contributed by atoms with E-state index in [1.807, 2.05) is 0 Å². The van der Waals surface area contributed by atoms with Gasteiger partial charge in [-0.05, 0) is 24.4 Å². The van der Waals surface area contributed by atoms with Gasteiger partial charge in [-0.15, -0.1) is 0 Å². The third-order valence-electron chi connectivity index (χ3n) is 4.13. The molecule has 1 heterocycles. The van der Waals surface area contributed by atoms with Crippen molar-refractivity contribution >= 4 is 27.3 Å². The largest absolute Gasteiger partial charge is 0.512 e. The number of nitrogens with zero attached hydrogens (tertiary/aromatic N) is 1. The molecule has 5 nitrogen and oxygen atoms in total. The van der Waals surface area contributed by atoms with Crippen LogP contribution in [0.15, 0.2) is 46.0 Å². The SMILES string of the molecule is C/C(O)=c1\c(=O)nc2ccc(=O)c3c(O)c4ccccc4c1c3-2. The summed E-state index contributed by atoms with van der Waals surface area (Å²) in [6.07, 6.45) is 0. The van der Waals surface area contributed by atoms with Gasteiger partial charge in [0.25, 0.3) is 5.56 Å². The predicted molar refractivity (Wildman–Crippen MR) is 88.2 cm³/mol. The molecule has 2 N–H and O–H groups in total. The molecule has 23 heavy (non-hydrogen) atoms. The highest BCUT2D eigenvalue weighted by molar-refractivity contribution is 6.17. The molecule has 0 unspecified atom stereocenters. The Bertz CT molecular complexity index is 1230. The first-order valence-electron chi connectivity index (χ1n) is 7.04. The molecule has 1 aliphatic heterocycles. The Morgan fingerprint density at radius 1 is 1.00 bits per heavy atom. The van der Waals surface area contributed by atoms with E-state index in [0.717, 1.165) is 0 Å². The number of aliphatic hydroxyl groups excluding tert-OH is 1. The van der Waals surface area contributed by atoms with Crippen LogP contribution < -0.4 is 16.2 Å². The van der Waals surface area contributed by atoms with Gasteiger partial charge in [0.05, 0.1) is 16.3 Å². The van der Waals surface area contributed by atoms with Crippen LogP contribution >= 0.6 is 0 Å². The fourth-order valence-electron chi connectivity index (χ4n) is 3.20. The summed E-state index contributed by atoms with van der Waals surface area (Å²) < 4.78 is 0. The highest BCUT2D eigenvalue weighted by Crippen LogP contribution is 2.39. The highest BCUT2D eigenvalue weighted by atomic mass is 16.3. The molecular weight excluding hydrogens is 294 g/mol. The van der Waals surface area contributed by atoms with Crippen molar-refractivity contribution in [1.82, 2.24) is 4.98 Å². The molecule has 0 amide bonds. The van der Waals surface area contributed by atoms with E-state index in [2.05, 4.69) is 4.98 Å². The Kier molecular flexibility index (Phi) is 2.57. The van der Waals surface area contributed by atoms with E-state index in [4.69, 9.17) is 0 Å². The van der Waals surface area contributed by atoms with Crippen molar-refractivity contribution in [3.63, 3.8) is 0 Å². The van der Waals surface area contributed by atoms with Gasteiger partial charge in [-0.25, -0.2) is 4.98 Å². The number of rotatable bonds is 0. The van der Waals surface area contributed by atoms with Crippen LogP contribution in [-0.4, -0.2) is 15.2 Å². The predicted octanol–water partition coefficient (Wildman–Crippen LogP) is 1.76. The number of benzene rings is 3. The molecule has 1 aliphatic carbocycles. The van der Waals surface area contributed by atoms with E-state index >= 15 is 0 Å². The molecule has 0 spiro atoms. The summed E-state index contributed by atoms with van der Waals surface area (Å²) in [4.78, 5) is 28.6. The lowest BCUT2D eigenvalue weighted by Crippen LogP contribution is -2.32. The van der Waals surface area contributed by atoms with Gasteiger partial charge in [0, 0.05) is 16.3 Å². The number of fused-ring (bicyclic) bond motifs is 2. The third kappa shape index (κ3) is 1.64. The zero-order valence-electron chi connectivity index (χ0n) is 12.1. The minimum atomic E-state index is -0.562. The molecular formula is C18H11NO4.